The zero-order valence-electron chi connectivity index (χ0n) is 13.7. The zero-order chi connectivity index (χ0) is 16.2. The molecule has 2 aromatic heterocycles. The molecular formula is C16H24FN5S. The van der Waals surface area contributed by atoms with E-state index in [0.717, 1.165) is 36.9 Å². The van der Waals surface area contributed by atoms with E-state index in [2.05, 4.69) is 36.8 Å². The second kappa shape index (κ2) is 7.51. The van der Waals surface area contributed by atoms with E-state index in [4.69, 9.17) is 0 Å². The van der Waals surface area contributed by atoms with Crippen molar-refractivity contribution in [3.05, 3.63) is 34.8 Å². The number of aryl methyl sites for hydroxylation is 1. The largest absolute Gasteiger partial charge is 0.336 e. The van der Waals surface area contributed by atoms with E-state index >= 15 is 0 Å². The minimum Gasteiger partial charge on any atom is -0.336 e. The fraction of sp³-hybridized carbons (Fsp3) is 0.625. The van der Waals surface area contributed by atoms with Crippen LogP contribution >= 0.6 is 11.3 Å². The van der Waals surface area contributed by atoms with E-state index < -0.39 is 6.17 Å². The van der Waals surface area contributed by atoms with Crippen LogP contribution in [-0.4, -0.2) is 63.2 Å². The molecule has 0 saturated carbocycles. The van der Waals surface area contributed by atoms with Gasteiger partial charge in [-0.15, -0.1) is 11.3 Å². The van der Waals surface area contributed by atoms with Gasteiger partial charge in [0.2, 0.25) is 0 Å². The molecule has 1 aliphatic rings. The topological polar surface area (TPSA) is 37.2 Å². The third-order valence-electron chi connectivity index (χ3n) is 4.33. The molecule has 0 spiro atoms. The van der Waals surface area contributed by atoms with Crippen molar-refractivity contribution in [3.63, 3.8) is 0 Å². The van der Waals surface area contributed by atoms with Gasteiger partial charge in [0.1, 0.15) is 6.17 Å². The Balaban J connectivity index is 1.52. The molecule has 23 heavy (non-hydrogen) atoms. The molecule has 0 bridgehead atoms. The number of hydrogen-bond donors (Lipinski definition) is 0. The number of alkyl halides is 1. The summed E-state index contributed by atoms with van der Waals surface area (Å²) >= 11 is 1.66. The molecule has 0 N–H and O–H groups in total. The zero-order valence-corrected chi connectivity index (χ0v) is 14.5. The van der Waals surface area contributed by atoms with Crippen molar-refractivity contribution in [1.82, 2.24) is 24.3 Å². The number of likely N-dealkylation sites (tertiary alicyclic amines) is 1. The molecule has 2 aromatic rings. The van der Waals surface area contributed by atoms with Gasteiger partial charge in [-0.1, -0.05) is 0 Å². The first-order chi connectivity index (χ1) is 11.1. The van der Waals surface area contributed by atoms with E-state index in [1.807, 2.05) is 19.4 Å². The van der Waals surface area contributed by atoms with Gasteiger partial charge in [-0.2, -0.15) is 0 Å². The van der Waals surface area contributed by atoms with E-state index in [1.54, 1.807) is 17.5 Å². The Bertz CT molecular complexity index is 599. The number of aromatic nitrogens is 3. The summed E-state index contributed by atoms with van der Waals surface area (Å²) in [6.07, 6.45) is 5.50. The molecule has 0 unspecified atom stereocenters. The summed E-state index contributed by atoms with van der Waals surface area (Å²) in [7, 11) is 2.10. The van der Waals surface area contributed by atoms with Crippen LogP contribution in [0.5, 0.6) is 0 Å². The van der Waals surface area contributed by atoms with Crippen molar-refractivity contribution in [2.45, 2.75) is 38.6 Å². The standard InChI is InChI=1S/C16H24FN5S/c1-13-19-15(11-23-13)9-22-8-14(17)7-16(22)10-20(2)5-6-21-4-3-18-12-21/h3-4,11-12,14,16H,5-10H2,1-2H3/t14-,16-/m0/s1. The molecule has 0 aliphatic carbocycles. The molecule has 2 atom stereocenters. The van der Waals surface area contributed by atoms with Crippen LogP contribution in [0.15, 0.2) is 24.1 Å². The van der Waals surface area contributed by atoms with Crippen LogP contribution in [0.25, 0.3) is 0 Å². The Kier molecular flexibility index (Phi) is 5.40. The highest BCUT2D eigenvalue weighted by Gasteiger charge is 2.32. The number of halogens is 1. The molecule has 3 rings (SSSR count). The lowest BCUT2D eigenvalue weighted by Crippen LogP contribution is -2.39. The highest BCUT2D eigenvalue weighted by atomic mass is 32.1. The molecule has 0 amide bonds. The van der Waals surface area contributed by atoms with Gasteiger partial charge in [0.05, 0.1) is 17.0 Å². The predicted molar refractivity (Wildman–Crippen MR) is 90.3 cm³/mol. The Hall–Kier alpha value is -1.31. The van der Waals surface area contributed by atoms with Crippen LogP contribution in [0, 0.1) is 6.92 Å². The van der Waals surface area contributed by atoms with Crippen LogP contribution in [-0.2, 0) is 13.1 Å². The van der Waals surface area contributed by atoms with Crippen molar-refractivity contribution in [2.24, 2.45) is 0 Å². The lowest BCUT2D eigenvalue weighted by atomic mass is 10.2. The second-order valence-corrected chi connectivity index (χ2v) is 7.40. The van der Waals surface area contributed by atoms with Gasteiger partial charge in [0.25, 0.3) is 0 Å². The van der Waals surface area contributed by atoms with Crippen molar-refractivity contribution in [1.29, 1.82) is 0 Å². The first kappa shape index (κ1) is 16.5. The van der Waals surface area contributed by atoms with Crippen molar-refractivity contribution < 1.29 is 4.39 Å². The Morgan fingerprint density at radius 3 is 3.04 bits per heavy atom. The smallest absolute Gasteiger partial charge is 0.114 e. The number of nitrogens with zero attached hydrogens (tertiary/aromatic N) is 5. The van der Waals surface area contributed by atoms with E-state index in [0.29, 0.717) is 13.0 Å². The lowest BCUT2D eigenvalue weighted by Gasteiger charge is -2.27. The van der Waals surface area contributed by atoms with Crippen LogP contribution in [0.3, 0.4) is 0 Å². The van der Waals surface area contributed by atoms with Crippen molar-refractivity contribution >= 4 is 11.3 Å². The quantitative estimate of drug-likeness (QED) is 0.776. The first-order valence-electron chi connectivity index (χ1n) is 8.03. The fourth-order valence-corrected chi connectivity index (χ4v) is 3.75. The second-order valence-electron chi connectivity index (χ2n) is 6.34. The van der Waals surface area contributed by atoms with Crippen LogP contribution in [0.4, 0.5) is 4.39 Å². The maximum atomic E-state index is 13.9. The molecule has 126 valence electrons. The third kappa shape index (κ3) is 4.59. The van der Waals surface area contributed by atoms with Crippen LogP contribution in [0.1, 0.15) is 17.1 Å². The summed E-state index contributed by atoms with van der Waals surface area (Å²) < 4.78 is 16.0. The summed E-state index contributed by atoms with van der Waals surface area (Å²) in [6.45, 7) is 6.03. The van der Waals surface area contributed by atoms with Gasteiger partial charge in [-0.25, -0.2) is 14.4 Å². The average Bonchev–Trinajstić information content (AvgIpc) is 3.21. The van der Waals surface area contributed by atoms with Gasteiger partial charge in [-0.3, -0.25) is 4.90 Å². The van der Waals surface area contributed by atoms with Gasteiger partial charge in [0.15, 0.2) is 0 Å². The third-order valence-corrected chi connectivity index (χ3v) is 5.15. The van der Waals surface area contributed by atoms with E-state index in [9.17, 15) is 4.39 Å². The summed E-state index contributed by atoms with van der Waals surface area (Å²) in [6, 6.07) is 0.264. The summed E-state index contributed by atoms with van der Waals surface area (Å²) in [4.78, 5) is 13.1. The summed E-state index contributed by atoms with van der Waals surface area (Å²) in [5, 5.41) is 3.16. The minimum absolute atomic E-state index is 0.264. The van der Waals surface area contributed by atoms with Gasteiger partial charge in [0, 0.05) is 56.5 Å². The highest BCUT2D eigenvalue weighted by Crippen LogP contribution is 2.23. The molecule has 1 saturated heterocycles. The molecule has 3 heterocycles. The lowest BCUT2D eigenvalue weighted by molar-refractivity contribution is 0.180. The number of likely N-dealkylation sites (N-methyl/N-ethyl adjacent to an activating group) is 1. The summed E-state index contributed by atoms with van der Waals surface area (Å²) in [5.41, 5.74) is 1.06. The molecule has 7 heteroatoms. The average molecular weight is 337 g/mol. The Morgan fingerprint density at radius 2 is 2.35 bits per heavy atom. The predicted octanol–water partition coefficient (Wildman–Crippen LogP) is 2.19. The van der Waals surface area contributed by atoms with Crippen LogP contribution in [0.2, 0.25) is 0 Å². The Morgan fingerprint density at radius 1 is 1.48 bits per heavy atom. The monoisotopic (exact) mass is 337 g/mol. The molecule has 0 radical (unpaired) electrons. The SMILES string of the molecule is Cc1nc(CN2C[C@@H](F)C[C@H]2CN(C)CCn2ccnc2)cs1. The molecule has 5 nitrogen and oxygen atoms in total. The molecular weight excluding hydrogens is 313 g/mol. The Labute approximate surface area is 140 Å². The molecule has 1 aliphatic heterocycles. The van der Waals surface area contributed by atoms with E-state index in [-0.39, 0.29) is 6.04 Å². The van der Waals surface area contributed by atoms with Gasteiger partial charge in [-0.05, 0) is 20.4 Å². The number of hydrogen-bond acceptors (Lipinski definition) is 5. The minimum atomic E-state index is -0.721. The first-order valence-corrected chi connectivity index (χ1v) is 8.91. The normalized spacial score (nSPS) is 22.3. The van der Waals surface area contributed by atoms with Gasteiger partial charge >= 0.3 is 0 Å². The number of thiazole rings is 1. The highest BCUT2D eigenvalue weighted by molar-refractivity contribution is 7.09. The number of imidazole rings is 1. The fourth-order valence-electron chi connectivity index (χ4n) is 3.15. The number of rotatable bonds is 7. The van der Waals surface area contributed by atoms with E-state index in [1.165, 1.54) is 0 Å². The molecule has 1 fully saturated rings. The maximum absolute atomic E-state index is 13.9. The van der Waals surface area contributed by atoms with Crippen molar-refractivity contribution in [3.8, 4) is 0 Å². The van der Waals surface area contributed by atoms with Gasteiger partial charge < -0.3 is 9.47 Å². The van der Waals surface area contributed by atoms with Crippen LogP contribution < -0.4 is 0 Å². The maximum Gasteiger partial charge on any atom is 0.114 e. The van der Waals surface area contributed by atoms with Crippen molar-refractivity contribution in [2.75, 3.05) is 26.7 Å². The summed E-state index contributed by atoms with van der Waals surface area (Å²) in [5.74, 6) is 0. The molecule has 0 aromatic carbocycles.